The van der Waals surface area contributed by atoms with E-state index in [9.17, 15) is 0 Å². The van der Waals surface area contributed by atoms with Gasteiger partial charge in [0.25, 0.3) is 0 Å². The molecular formula is C18H30O. The summed E-state index contributed by atoms with van der Waals surface area (Å²) >= 11 is 0. The van der Waals surface area contributed by atoms with Crippen LogP contribution in [0.2, 0.25) is 0 Å². The molecule has 1 aromatic rings. The van der Waals surface area contributed by atoms with Crippen LogP contribution in [-0.4, -0.2) is 12.7 Å². The summed E-state index contributed by atoms with van der Waals surface area (Å²) in [4.78, 5) is 0. The highest BCUT2D eigenvalue weighted by Crippen LogP contribution is 2.19. The van der Waals surface area contributed by atoms with E-state index in [2.05, 4.69) is 65.0 Å². The quantitative estimate of drug-likeness (QED) is 0.644. The van der Waals surface area contributed by atoms with Crippen LogP contribution in [0.25, 0.3) is 0 Å². The van der Waals surface area contributed by atoms with Gasteiger partial charge in [0.2, 0.25) is 0 Å². The van der Waals surface area contributed by atoms with Crippen LogP contribution >= 0.6 is 0 Å². The van der Waals surface area contributed by atoms with Crippen LogP contribution in [0.4, 0.5) is 0 Å². The zero-order valence-electron chi connectivity index (χ0n) is 13.2. The molecule has 1 rings (SSSR count). The van der Waals surface area contributed by atoms with Gasteiger partial charge in [0.15, 0.2) is 0 Å². The fraction of sp³-hybridized carbons (Fsp3) is 0.667. The van der Waals surface area contributed by atoms with Gasteiger partial charge in [0.05, 0.1) is 12.7 Å². The number of benzene rings is 1. The highest BCUT2D eigenvalue weighted by molar-refractivity contribution is 5.15. The maximum Gasteiger partial charge on any atom is 0.0638 e. The Balaban J connectivity index is 2.54. The van der Waals surface area contributed by atoms with Crippen molar-refractivity contribution in [3.05, 3.63) is 35.9 Å². The average molecular weight is 262 g/mol. The third-order valence-corrected chi connectivity index (χ3v) is 4.01. The van der Waals surface area contributed by atoms with Crippen LogP contribution in [0.5, 0.6) is 0 Å². The summed E-state index contributed by atoms with van der Waals surface area (Å²) < 4.78 is 6.22. The summed E-state index contributed by atoms with van der Waals surface area (Å²) in [7, 11) is 0. The Morgan fingerprint density at radius 3 is 2.05 bits per heavy atom. The average Bonchev–Trinajstić information content (AvgIpc) is 2.38. The lowest BCUT2D eigenvalue weighted by atomic mass is 9.93. The smallest absolute Gasteiger partial charge is 0.0638 e. The van der Waals surface area contributed by atoms with E-state index in [-0.39, 0.29) is 0 Å². The lowest BCUT2D eigenvalue weighted by Gasteiger charge is -2.26. The molecule has 0 aromatic heterocycles. The predicted octanol–water partition coefficient (Wildman–Crippen LogP) is 4.95. The zero-order chi connectivity index (χ0) is 14.3. The third kappa shape index (κ3) is 5.78. The Morgan fingerprint density at radius 1 is 0.947 bits per heavy atom. The Hall–Kier alpha value is -0.820. The monoisotopic (exact) mass is 262 g/mol. The van der Waals surface area contributed by atoms with Crippen molar-refractivity contribution in [3.8, 4) is 0 Å². The highest BCUT2D eigenvalue weighted by atomic mass is 16.5. The van der Waals surface area contributed by atoms with Crippen LogP contribution < -0.4 is 0 Å². The van der Waals surface area contributed by atoms with E-state index in [0.717, 1.165) is 13.0 Å². The van der Waals surface area contributed by atoms with Crippen molar-refractivity contribution >= 4 is 0 Å². The number of ether oxygens (including phenoxy) is 1. The summed E-state index contributed by atoms with van der Waals surface area (Å²) in [6.45, 7) is 12.2. The van der Waals surface area contributed by atoms with Gasteiger partial charge in [-0.05, 0) is 29.7 Å². The molecule has 0 saturated carbocycles. The second-order valence-corrected chi connectivity index (χ2v) is 6.22. The molecule has 19 heavy (non-hydrogen) atoms. The minimum atomic E-state index is 0.329. The Labute approximate surface area is 119 Å². The van der Waals surface area contributed by atoms with Crippen molar-refractivity contribution in [2.45, 2.75) is 53.6 Å². The fourth-order valence-electron chi connectivity index (χ4n) is 2.36. The molecule has 2 atom stereocenters. The van der Waals surface area contributed by atoms with E-state index in [1.807, 2.05) is 0 Å². The molecule has 0 radical (unpaired) electrons. The molecule has 0 amide bonds. The summed E-state index contributed by atoms with van der Waals surface area (Å²) in [5.41, 5.74) is 1.37. The second kappa shape index (κ2) is 8.37. The molecule has 0 fully saturated rings. The molecule has 0 N–H and O–H groups in total. The van der Waals surface area contributed by atoms with Crippen molar-refractivity contribution < 1.29 is 4.74 Å². The number of hydrogen-bond donors (Lipinski definition) is 0. The van der Waals surface area contributed by atoms with Crippen molar-refractivity contribution in [2.24, 2.45) is 17.8 Å². The molecule has 0 bridgehead atoms. The van der Waals surface area contributed by atoms with Crippen molar-refractivity contribution in [1.82, 2.24) is 0 Å². The molecule has 0 aliphatic rings. The van der Waals surface area contributed by atoms with Crippen LogP contribution in [0.15, 0.2) is 30.3 Å². The van der Waals surface area contributed by atoms with Gasteiger partial charge in [-0.25, -0.2) is 0 Å². The van der Waals surface area contributed by atoms with Gasteiger partial charge < -0.3 is 4.74 Å². The fourth-order valence-corrected chi connectivity index (χ4v) is 2.36. The Morgan fingerprint density at radius 2 is 1.58 bits per heavy atom. The van der Waals surface area contributed by atoms with Gasteiger partial charge in [-0.3, -0.25) is 0 Å². The molecule has 2 unspecified atom stereocenters. The van der Waals surface area contributed by atoms with Gasteiger partial charge in [0, 0.05) is 0 Å². The molecule has 1 heteroatoms. The summed E-state index contributed by atoms with van der Waals surface area (Å²) in [6.07, 6.45) is 2.55. The summed E-state index contributed by atoms with van der Waals surface area (Å²) in [5, 5.41) is 0. The van der Waals surface area contributed by atoms with Crippen molar-refractivity contribution in [3.63, 3.8) is 0 Å². The molecule has 0 aliphatic heterocycles. The molecule has 0 spiro atoms. The van der Waals surface area contributed by atoms with Crippen molar-refractivity contribution in [1.29, 1.82) is 0 Å². The maximum absolute atomic E-state index is 6.22. The lowest BCUT2D eigenvalue weighted by Crippen LogP contribution is -2.27. The van der Waals surface area contributed by atoms with E-state index >= 15 is 0 Å². The largest absolute Gasteiger partial charge is 0.377 e. The standard InChI is InChI=1S/C18H30O/c1-6-17(14(2)3)13-19-18(15(4)5)12-16-10-8-7-9-11-16/h7-11,14-15,17-18H,6,12-13H2,1-5H3. The molecule has 0 aliphatic carbocycles. The van der Waals surface area contributed by atoms with Crippen LogP contribution in [0, 0.1) is 17.8 Å². The van der Waals surface area contributed by atoms with Crippen LogP contribution in [-0.2, 0) is 11.2 Å². The molecular weight excluding hydrogens is 232 g/mol. The first-order valence-electron chi connectivity index (χ1n) is 7.70. The van der Waals surface area contributed by atoms with E-state index in [1.165, 1.54) is 12.0 Å². The van der Waals surface area contributed by atoms with Gasteiger partial charge >= 0.3 is 0 Å². The number of rotatable bonds is 8. The molecule has 0 saturated heterocycles. The minimum absolute atomic E-state index is 0.329. The summed E-state index contributed by atoms with van der Waals surface area (Å²) in [5.74, 6) is 1.94. The van der Waals surface area contributed by atoms with Crippen LogP contribution in [0.3, 0.4) is 0 Å². The topological polar surface area (TPSA) is 9.23 Å². The second-order valence-electron chi connectivity index (χ2n) is 6.22. The Bertz CT molecular complexity index is 329. The van der Waals surface area contributed by atoms with Gasteiger partial charge in [-0.15, -0.1) is 0 Å². The SMILES string of the molecule is CCC(COC(Cc1ccccc1)C(C)C)C(C)C. The lowest BCUT2D eigenvalue weighted by molar-refractivity contribution is -0.00668. The van der Waals surface area contributed by atoms with E-state index < -0.39 is 0 Å². The van der Waals surface area contributed by atoms with Gasteiger partial charge in [-0.1, -0.05) is 71.4 Å². The first-order valence-corrected chi connectivity index (χ1v) is 7.70. The van der Waals surface area contributed by atoms with E-state index in [0.29, 0.717) is 23.9 Å². The van der Waals surface area contributed by atoms with E-state index in [1.54, 1.807) is 0 Å². The van der Waals surface area contributed by atoms with Gasteiger partial charge in [0.1, 0.15) is 0 Å². The zero-order valence-corrected chi connectivity index (χ0v) is 13.2. The highest BCUT2D eigenvalue weighted by Gasteiger charge is 2.18. The predicted molar refractivity (Wildman–Crippen MR) is 83.3 cm³/mol. The summed E-state index contributed by atoms with van der Waals surface area (Å²) in [6, 6.07) is 10.7. The van der Waals surface area contributed by atoms with Gasteiger partial charge in [-0.2, -0.15) is 0 Å². The minimum Gasteiger partial charge on any atom is -0.377 e. The molecule has 1 nitrogen and oxygen atoms in total. The first kappa shape index (κ1) is 16.2. The molecule has 108 valence electrons. The Kier molecular flexibility index (Phi) is 7.15. The maximum atomic E-state index is 6.22. The molecule has 0 heterocycles. The van der Waals surface area contributed by atoms with E-state index in [4.69, 9.17) is 4.74 Å². The first-order chi connectivity index (χ1) is 9.04. The van der Waals surface area contributed by atoms with Crippen molar-refractivity contribution in [2.75, 3.05) is 6.61 Å². The number of hydrogen-bond acceptors (Lipinski definition) is 1. The normalized spacial score (nSPS) is 14.9. The third-order valence-electron chi connectivity index (χ3n) is 4.01. The van der Waals surface area contributed by atoms with Crippen LogP contribution in [0.1, 0.15) is 46.6 Å². The molecule has 1 aromatic carbocycles.